The van der Waals surface area contributed by atoms with Gasteiger partial charge in [0.15, 0.2) is 0 Å². The van der Waals surface area contributed by atoms with Gasteiger partial charge in [-0.15, -0.1) is 0 Å². The molecule has 0 bridgehead atoms. The molecule has 2 N–H and O–H groups in total. The van der Waals surface area contributed by atoms with Crippen LogP contribution in [0.2, 0.25) is 0 Å². The van der Waals surface area contributed by atoms with E-state index in [1.807, 2.05) is 13.8 Å². The second-order valence-electron chi connectivity index (χ2n) is 3.62. The Morgan fingerprint density at radius 3 is 2.23 bits per heavy atom. The highest BCUT2D eigenvalue weighted by Crippen LogP contribution is 1.99. The average Bonchev–Trinajstić information content (AvgIpc) is 1.95. The molecule has 0 rings (SSSR count). The largest absolute Gasteiger partial charge is 0.395 e. The molecule has 0 aromatic carbocycles. The first-order valence-corrected chi connectivity index (χ1v) is 6.45. The monoisotopic (exact) mass is 209 g/mol. The van der Waals surface area contributed by atoms with E-state index in [2.05, 4.69) is 5.32 Å². The molecule has 0 saturated heterocycles. The van der Waals surface area contributed by atoms with E-state index in [4.69, 9.17) is 5.11 Å². The van der Waals surface area contributed by atoms with Crippen LogP contribution in [-0.4, -0.2) is 44.7 Å². The van der Waals surface area contributed by atoms with E-state index in [9.17, 15) is 8.42 Å². The van der Waals surface area contributed by atoms with Gasteiger partial charge in [0.25, 0.3) is 0 Å². The summed E-state index contributed by atoms with van der Waals surface area (Å²) in [5.74, 6) is 0.431. The Morgan fingerprint density at radius 2 is 1.92 bits per heavy atom. The Hall–Kier alpha value is -0.130. The summed E-state index contributed by atoms with van der Waals surface area (Å²) in [5.41, 5.74) is 0. The quantitative estimate of drug-likeness (QED) is 0.627. The minimum atomic E-state index is -2.90. The number of sulfone groups is 1. The van der Waals surface area contributed by atoms with E-state index in [1.54, 1.807) is 0 Å². The van der Waals surface area contributed by atoms with Crippen LogP contribution in [0, 0.1) is 5.92 Å². The van der Waals surface area contributed by atoms with Crippen molar-refractivity contribution in [2.24, 2.45) is 5.92 Å². The lowest BCUT2D eigenvalue weighted by Crippen LogP contribution is -2.39. The molecular formula is C8H19NO3S. The molecular weight excluding hydrogens is 190 g/mol. The molecule has 80 valence electrons. The standard InChI is InChI=1S/C8H19NO3S/c1-7(2)8(6-10)9-4-5-13(3,11)12/h7-10H,4-6H2,1-3H3/t8-/m1/s1. The molecule has 0 fully saturated rings. The lowest BCUT2D eigenvalue weighted by molar-refractivity contribution is 0.213. The van der Waals surface area contributed by atoms with Gasteiger partial charge in [-0.1, -0.05) is 13.8 Å². The number of aliphatic hydroxyl groups excluding tert-OH is 1. The van der Waals surface area contributed by atoms with Crippen molar-refractivity contribution in [1.82, 2.24) is 5.32 Å². The summed E-state index contributed by atoms with van der Waals surface area (Å²) in [7, 11) is -2.90. The van der Waals surface area contributed by atoms with E-state index < -0.39 is 9.84 Å². The summed E-state index contributed by atoms with van der Waals surface area (Å²) in [4.78, 5) is 0. The molecule has 0 amide bonds. The summed E-state index contributed by atoms with van der Waals surface area (Å²) in [6.45, 7) is 4.41. The predicted octanol–water partition coefficient (Wildman–Crippen LogP) is -0.362. The van der Waals surface area contributed by atoms with Gasteiger partial charge in [0, 0.05) is 18.8 Å². The van der Waals surface area contributed by atoms with Crippen molar-refractivity contribution in [2.45, 2.75) is 19.9 Å². The SMILES string of the molecule is CC(C)[C@@H](CO)NCCS(C)(=O)=O. The molecule has 0 aromatic heterocycles. The van der Waals surface area contributed by atoms with Crippen LogP contribution in [0.15, 0.2) is 0 Å². The zero-order chi connectivity index (χ0) is 10.5. The van der Waals surface area contributed by atoms with Crippen LogP contribution in [-0.2, 0) is 9.84 Å². The van der Waals surface area contributed by atoms with Gasteiger partial charge in [-0.25, -0.2) is 8.42 Å². The fourth-order valence-corrected chi connectivity index (χ4v) is 1.43. The summed E-state index contributed by atoms with van der Waals surface area (Å²) in [6, 6.07) is -0.0123. The molecule has 0 aliphatic rings. The molecule has 0 spiro atoms. The topological polar surface area (TPSA) is 66.4 Å². The normalized spacial score (nSPS) is 14.8. The predicted molar refractivity (Wildman–Crippen MR) is 53.4 cm³/mol. The van der Waals surface area contributed by atoms with Crippen molar-refractivity contribution in [3.05, 3.63) is 0 Å². The third-order valence-corrected chi connectivity index (χ3v) is 2.83. The highest BCUT2D eigenvalue weighted by Gasteiger charge is 2.11. The van der Waals surface area contributed by atoms with E-state index >= 15 is 0 Å². The average molecular weight is 209 g/mol. The van der Waals surface area contributed by atoms with E-state index in [-0.39, 0.29) is 18.4 Å². The van der Waals surface area contributed by atoms with Gasteiger partial charge in [0.2, 0.25) is 0 Å². The van der Waals surface area contributed by atoms with Gasteiger partial charge in [-0.3, -0.25) is 0 Å². The number of hydrogen-bond donors (Lipinski definition) is 2. The molecule has 4 nitrogen and oxygen atoms in total. The molecule has 1 atom stereocenters. The lowest BCUT2D eigenvalue weighted by atomic mass is 10.1. The molecule has 5 heteroatoms. The Kier molecular flexibility index (Phi) is 5.51. The van der Waals surface area contributed by atoms with Crippen molar-refractivity contribution in [2.75, 3.05) is 25.2 Å². The van der Waals surface area contributed by atoms with Crippen molar-refractivity contribution >= 4 is 9.84 Å². The maximum Gasteiger partial charge on any atom is 0.148 e. The summed E-state index contributed by atoms with van der Waals surface area (Å²) >= 11 is 0. The van der Waals surface area contributed by atoms with Crippen molar-refractivity contribution in [3.63, 3.8) is 0 Å². The summed E-state index contributed by atoms with van der Waals surface area (Å²) in [5, 5.41) is 11.9. The molecule has 0 aliphatic carbocycles. The van der Waals surface area contributed by atoms with Crippen molar-refractivity contribution < 1.29 is 13.5 Å². The highest BCUT2D eigenvalue weighted by molar-refractivity contribution is 7.90. The van der Waals surface area contributed by atoms with Crippen LogP contribution >= 0.6 is 0 Å². The lowest BCUT2D eigenvalue weighted by Gasteiger charge is -2.19. The second kappa shape index (κ2) is 5.57. The maximum absolute atomic E-state index is 10.8. The minimum Gasteiger partial charge on any atom is -0.395 e. The van der Waals surface area contributed by atoms with Crippen molar-refractivity contribution in [1.29, 1.82) is 0 Å². The third-order valence-electron chi connectivity index (χ3n) is 1.88. The van der Waals surface area contributed by atoms with E-state index in [0.29, 0.717) is 12.5 Å². The van der Waals surface area contributed by atoms with E-state index in [1.165, 1.54) is 6.26 Å². The fourth-order valence-electron chi connectivity index (χ4n) is 0.941. The number of aliphatic hydroxyl groups is 1. The van der Waals surface area contributed by atoms with Crippen LogP contribution < -0.4 is 5.32 Å². The summed E-state index contributed by atoms with van der Waals surface area (Å²) in [6.07, 6.45) is 1.21. The van der Waals surface area contributed by atoms with Crippen LogP contribution in [0.3, 0.4) is 0 Å². The van der Waals surface area contributed by atoms with Gasteiger partial charge < -0.3 is 10.4 Å². The molecule has 0 aliphatic heterocycles. The molecule has 0 unspecified atom stereocenters. The Labute approximate surface area is 80.3 Å². The molecule has 13 heavy (non-hydrogen) atoms. The Morgan fingerprint density at radius 1 is 1.38 bits per heavy atom. The third kappa shape index (κ3) is 6.98. The van der Waals surface area contributed by atoms with E-state index in [0.717, 1.165) is 0 Å². The first-order valence-electron chi connectivity index (χ1n) is 4.38. The van der Waals surface area contributed by atoms with Gasteiger partial charge in [0.05, 0.1) is 12.4 Å². The smallest absolute Gasteiger partial charge is 0.148 e. The molecule has 0 saturated carbocycles. The van der Waals surface area contributed by atoms with Crippen LogP contribution in [0.25, 0.3) is 0 Å². The Balaban J connectivity index is 3.74. The first kappa shape index (κ1) is 12.9. The van der Waals surface area contributed by atoms with Gasteiger partial charge in [-0.05, 0) is 5.92 Å². The molecule has 0 aromatic rings. The zero-order valence-corrected chi connectivity index (χ0v) is 9.26. The van der Waals surface area contributed by atoms with Gasteiger partial charge in [-0.2, -0.15) is 0 Å². The minimum absolute atomic E-state index is 0.0123. The zero-order valence-electron chi connectivity index (χ0n) is 8.45. The first-order chi connectivity index (χ1) is 5.87. The maximum atomic E-state index is 10.8. The van der Waals surface area contributed by atoms with Crippen LogP contribution in [0.1, 0.15) is 13.8 Å². The van der Waals surface area contributed by atoms with Crippen molar-refractivity contribution in [3.8, 4) is 0 Å². The molecule has 0 heterocycles. The number of nitrogens with one attached hydrogen (secondary N) is 1. The van der Waals surface area contributed by atoms with Crippen LogP contribution in [0.5, 0.6) is 0 Å². The fraction of sp³-hybridized carbons (Fsp3) is 1.00. The van der Waals surface area contributed by atoms with Crippen LogP contribution in [0.4, 0.5) is 0 Å². The van der Waals surface area contributed by atoms with Gasteiger partial charge >= 0.3 is 0 Å². The Bertz CT molecular complexity index is 224. The molecule has 0 radical (unpaired) electrons. The number of hydrogen-bond acceptors (Lipinski definition) is 4. The number of rotatable bonds is 6. The highest BCUT2D eigenvalue weighted by atomic mass is 32.2. The summed E-state index contributed by atoms with van der Waals surface area (Å²) < 4.78 is 21.5. The van der Waals surface area contributed by atoms with Gasteiger partial charge in [0.1, 0.15) is 9.84 Å². The second-order valence-corrected chi connectivity index (χ2v) is 5.88.